The molecular weight excluding hydrogens is 326 g/mol. The van der Waals surface area contributed by atoms with Crippen LogP contribution in [0.4, 0.5) is 5.69 Å². The van der Waals surface area contributed by atoms with Crippen molar-refractivity contribution in [2.45, 2.75) is 0 Å². The van der Waals surface area contributed by atoms with Gasteiger partial charge in [0.15, 0.2) is 0 Å². The average molecular weight is 338 g/mol. The van der Waals surface area contributed by atoms with E-state index in [9.17, 15) is 10.1 Å². The SMILES string of the molecule is CN(C)/N=C\c1ccc(-c2ccc([N+](=O)[O-])cc2Br)o1. The molecular formula is C13H12BrN3O3. The fourth-order valence-electron chi connectivity index (χ4n) is 1.56. The number of non-ortho nitro benzene ring substituents is 1. The Bertz CT molecular complexity index is 665. The second-order valence-corrected chi connectivity index (χ2v) is 5.07. The van der Waals surface area contributed by atoms with Gasteiger partial charge in [-0.3, -0.25) is 10.1 Å². The van der Waals surface area contributed by atoms with Gasteiger partial charge < -0.3 is 9.43 Å². The minimum Gasteiger partial charge on any atom is -0.455 e. The number of rotatable bonds is 4. The summed E-state index contributed by atoms with van der Waals surface area (Å²) < 4.78 is 6.23. The third kappa shape index (κ3) is 3.24. The largest absolute Gasteiger partial charge is 0.455 e. The Labute approximate surface area is 124 Å². The van der Waals surface area contributed by atoms with E-state index < -0.39 is 4.92 Å². The highest BCUT2D eigenvalue weighted by Crippen LogP contribution is 2.32. The lowest BCUT2D eigenvalue weighted by Crippen LogP contribution is -2.01. The van der Waals surface area contributed by atoms with Crippen molar-refractivity contribution in [3.63, 3.8) is 0 Å². The number of furan rings is 1. The number of benzene rings is 1. The van der Waals surface area contributed by atoms with Crippen LogP contribution in [0.1, 0.15) is 5.76 Å². The molecule has 0 spiro atoms. The summed E-state index contributed by atoms with van der Waals surface area (Å²) in [4.78, 5) is 10.3. The van der Waals surface area contributed by atoms with Crippen LogP contribution in [0.3, 0.4) is 0 Å². The van der Waals surface area contributed by atoms with E-state index in [1.807, 2.05) is 14.1 Å². The molecule has 0 atom stereocenters. The molecule has 0 aliphatic carbocycles. The Morgan fingerprint density at radius 2 is 2.10 bits per heavy atom. The zero-order valence-electron chi connectivity index (χ0n) is 10.9. The van der Waals surface area contributed by atoms with E-state index in [0.717, 1.165) is 5.56 Å². The van der Waals surface area contributed by atoms with E-state index in [1.165, 1.54) is 12.1 Å². The van der Waals surface area contributed by atoms with E-state index >= 15 is 0 Å². The minimum absolute atomic E-state index is 0.0292. The Balaban J connectivity index is 2.30. The van der Waals surface area contributed by atoms with Crippen molar-refractivity contribution in [2.24, 2.45) is 5.10 Å². The lowest BCUT2D eigenvalue weighted by molar-refractivity contribution is -0.384. The van der Waals surface area contributed by atoms with E-state index in [0.29, 0.717) is 16.0 Å². The maximum absolute atomic E-state index is 10.7. The third-order valence-corrected chi connectivity index (χ3v) is 3.13. The minimum atomic E-state index is -0.439. The number of hydrazone groups is 1. The second kappa shape index (κ2) is 5.87. The fraction of sp³-hybridized carbons (Fsp3) is 0.154. The molecule has 1 heterocycles. The van der Waals surface area contributed by atoms with Crippen molar-refractivity contribution in [1.82, 2.24) is 5.01 Å². The van der Waals surface area contributed by atoms with Crippen LogP contribution in [0.2, 0.25) is 0 Å². The second-order valence-electron chi connectivity index (χ2n) is 4.22. The number of nitrogens with zero attached hydrogens (tertiary/aromatic N) is 3. The first-order valence-corrected chi connectivity index (χ1v) is 6.52. The van der Waals surface area contributed by atoms with E-state index in [4.69, 9.17) is 4.42 Å². The van der Waals surface area contributed by atoms with Crippen molar-refractivity contribution >= 4 is 27.8 Å². The molecule has 2 aromatic rings. The van der Waals surface area contributed by atoms with Gasteiger partial charge in [-0.25, -0.2) is 0 Å². The van der Waals surface area contributed by atoms with Crippen molar-refractivity contribution in [1.29, 1.82) is 0 Å². The van der Waals surface area contributed by atoms with Crippen LogP contribution in [-0.2, 0) is 0 Å². The van der Waals surface area contributed by atoms with Gasteiger partial charge >= 0.3 is 0 Å². The van der Waals surface area contributed by atoms with Crippen molar-refractivity contribution in [2.75, 3.05) is 14.1 Å². The highest BCUT2D eigenvalue weighted by atomic mass is 79.9. The number of nitro groups is 1. The van der Waals surface area contributed by atoms with Gasteiger partial charge in [0, 0.05) is 36.3 Å². The normalized spacial score (nSPS) is 10.9. The summed E-state index contributed by atoms with van der Waals surface area (Å²) in [5.74, 6) is 1.23. The lowest BCUT2D eigenvalue weighted by atomic mass is 10.1. The molecule has 0 saturated heterocycles. The molecule has 0 unspecified atom stereocenters. The predicted molar refractivity (Wildman–Crippen MR) is 79.8 cm³/mol. The van der Waals surface area contributed by atoms with Crippen molar-refractivity contribution in [3.05, 3.63) is 50.7 Å². The molecule has 0 radical (unpaired) electrons. The monoisotopic (exact) mass is 337 g/mol. The first-order valence-electron chi connectivity index (χ1n) is 5.73. The lowest BCUT2D eigenvalue weighted by Gasteiger charge is -2.02. The molecule has 0 aliphatic heterocycles. The highest BCUT2D eigenvalue weighted by Gasteiger charge is 2.12. The van der Waals surface area contributed by atoms with Crippen LogP contribution in [-0.4, -0.2) is 30.2 Å². The maximum Gasteiger partial charge on any atom is 0.270 e. The zero-order valence-corrected chi connectivity index (χ0v) is 12.5. The summed E-state index contributed by atoms with van der Waals surface area (Å²) in [6.45, 7) is 0. The molecule has 7 heteroatoms. The predicted octanol–water partition coefficient (Wildman–Crippen LogP) is 3.51. The van der Waals surface area contributed by atoms with Crippen LogP contribution in [0.25, 0.3) is 11.3 Å². The summed E-state index contributed by atoms with van der Waals surface area (Å²) in [6, 6.07) is 8.12. The number of nitro benzene ring substituents is 1. The number of hydrogen-bond acceptors (Lipinski definition) is 5. The Morgan fingerprint density at radius 1 is 1.35 bits per heavy atom. The topological polar surface area (TPSA) is 71.9 Å². The number of hydrogen-bond donors (Lipinski definition) is 0. The first kappa shape index (κ1) is 14.3. The van der Waals surface area contributed by atoms with Gasteiger partial charge in [-0.2, -0.15) is 5.10 Å². The summed E-state index contributed by atoms with van der Waals surface area (Å²) in [5.41, 5.74) is 0.779. The standard InChI is InChI=1S/C13H12BrN3O3/c1-16(2)15-8-10-4-6-13(20-10)11-5-3-9(17(18)19)7-12(11)14/h3-8H,1-2H3/b15-8-. The highest BCUT2D eigenvalue weighted by molar-refractivity contribution is 9.10. The Morgan fingerprint density at radius 3 is 2.70 bits per heavy atom. The number of halogens is 1. The molecule has 0 fully saturated rings. The Hall–Kier alpha value is -2.15. The molecule has 20 heavy (non-hydrogen) atoms. The van der Waals surface area contributed by atoms with Crippen molar-refractivity contribution in [3.8, 4) is 11.3 Å². The molecule has 104 valence electrons. The van der Waals surface area contributed by atoms with E-state index in [-0.39, 0.29) is 5.69 Å². The summed E-state index contributed by atoms with van der Waals surface area (Å²) >= 11 is 3.32. The van der Waals surface area contributed by atoms with Crippen LogP contribution in [0.15, 0.2) is 44.3 Å². The van der Waals surface area contributed by atoms with E-state index in [1.54, 1.807) is 29.4 Å². The van der Waals surface area contributed by atoms with Gasteiger partial charge in [-0.05, 0) is 34.1 Å². The van der Waals surface area contributed by atoms with Gasteiger partial charge in [0.25, 0.3) is 5.69 Å². The molecule has 0 amide bonds. The van der Waals surface area contributed by atoms with Gasteiger partial charge in [0.05, 0.1) is 11.1 Å². The summed E-state index contributed by atoms with van der Waals surface area (Å²) in [5, 5.41) is 16.4. The van der Waals surface area contributed by atoms with Crippen LogP contribution < -0.4 is 0 Å². The first-order chi connectivity index (χ1) is 9.47. The Kier molecular flexibility index (Phi) is 4.19. The van der Waals surface area contributed by atoms with Crippen LogP contribution in [0, 0.1) is 10.1 Å². The molecule has 1 aromatic carbocycles. The maximum atomic E-state index is 10.7. The quantitative estimate of drug-likeness (QED) is 0.486. The van der Waals surface area contributed by atoms with Gasteiger partial charge in [0.2, 0.25) is 0 Å². The molecule has 6 nitrogen and oxygen atoms in total. The molecule has 1 aromatic heterocycles. The molecule has 2 rings (SSSR count). The zero-order chi connectivity index (χ0) is 14.7. The summed E-state index contributed by atoms with van der Waals surface area (Å²) in [7, 11) is 3.63. The fourth-order valence-corrected chi connectivity index (χ4v) is 2.12. The summed E-state index contributed by atoms with van der Waals surface area (Å²) in [6.07, 6.45) is 1.60. The van der Waals surface area contributed by atoms with Gasteiger partial charge in [-0.15, -0.1) is 0 Å². The molecule has 0 N–H and O–H groups in total. The van der Waals surface area contributed by atoms with Gasteiger partial charge in [0.1, 0.15) is 11.5 Å². The molecule has 0 saturated carbocycles. The smallest absolute Gasteiger partial charge is 0.270 e. The average Bonchev–Trinajstić information content (AvgIpc) is 2.84. The molecule has 0 aliphatic rings. The third-order valence-electron chi connectivity index (χ3n) is 2.47. The van der Waals surface area contributed by atoms with Gasteiger partial charge in [-0.1, -0.05) is 0 Å². The van der Waals surface area contributed by atoms with Crippen molar-refractivity contribution < 1.29 is 9.34 Å². The molecule has 0 bridgehead atoms. The van der Waals surface area contributed by atoms with E-state index in [2.05, 4.69) is 21.0 Å². The van der Waals surface area contributed by atoms with Crippen LogP contribution >= 0.6 is 15.9 Å². The van der Waals surface area contributed by atoms with Crippen LogP contribution in [0.5, 0.6) is 0 Å².